The highest BCUT2D eigenvalue weighted by Gasteiger charge is 2.31. The van der Waals surface area contributed by atoms with Gasteiger partial charge in [-0.25, -0.2) is 9.97 Å². The van der Waals surface area contributed by atoms with E-state index in [4.69, 9.17) is 9.51 Å². The fourth-order valence-electron chi connectivity index (χ4n) is 3.65. The van der Waals surface area contributed by atoms with Gasteiger partial charge in [-0.2, -0.15) is 4.98 Å². The van der Waals surface area contributed by atoms with Gasteiger partial charge in [0.1, 0.15) is 6.33 Å². The molecule has 0 saturated carbocycles. The summed E-state index contributed by atoms with van der Waals surface area (Å²) in [7, 11) is 0. The molecule has 1 saturated heterocycles. The molecule has 0 aliphatic carbocycles. The van der Waals surface area contributed by atoms with Crippen molar-refractivity contribution in [3.8, 4) is 11.1 Å². The molecule has 144 valence electrons. The van der Waals surface area contributed by atoms with Gasteiger partial charge in [0.15, 0.2) is 5.82 Å². The lowest BCUT2D eigenvalue weighted by atomic mass is 10.0. The van der Waals surface area contributed by atoms with Crippen LogP contribution in [0.25, 0.3) is 11.1 Å². The number of hydrogen-bond donors (Lipinski definition) is 0. The molecule has 1 aliphatic heterocycles. The van der Waals surface area contributed by atoms with Crippen molar-refractivity contribution in [3.63, 3.8) is 0 Å². The molecule has 3 aromatic heterocycles. The minimum absolute atomic E-state index is 0.0137. The fourth-order valence-corrected chi connectivity index (χ4v) is 3.65. The van der Waals surface area contributed by atoms with Gasteiger partial charge in [-0.15, -0.1) is 0 Å². The molecule has 1 amide bonds. The Morgan fingerprint density at radius 3 is 2.75 bits per heavy atom. The van der Waals surface area contributed by atoms with E-state index in [1.165, 1.54) is 6.33 Å². The number of aryl methyl sites for hydroxylation is 3. The van der Waals surface area contributed by atoms with Crippen molar-refractivity contribution >= 4 is 5.91 Å². The Kier molecular flexibility index (Phi) is 5.10. The molecule has 0 radical (unpaired) electrons. The third kappa shape index (κ3) is 3.90. The first-order valence-corrected chi connectivity index (χ1v) is 9.43. The smallest absolute Gasteiger partial charge is 0.227 e. The van der Waals surface area contributed by atoms with Gasteiger partial charge in [-0.3, -0.25) is 9.78 Å². The van der Waals surface area contributed by atoms with Crippen molar-refractivity contribution in [2.24, 2.45) is 0 Å². The maximum Gasteiger partial charge on any atom is 0.227 e. The van der Waals surface area contributed by atoms with E-state index >= 15 is 0 Å². The molecular weight excluding hydrogens is 356 g/mol. The molecule has 8 heteroatoms. The zero-order valence-corrected chi connectivity index (χ0v) is 16.0. The van der Waals surface area contributed by atoms with Crippen molar-refractivity contribution in [3.05, 3.63) is 54.0 Å². The molecular formula is C20H22N6O2. The van der Waals surface area contributed by atoms with Crippen LogP contribution in [0.2, 0.25) is 0 Å². The molecule has 0 bridgehead atoms. The number of rotatable bonds is 5. The summed E-state index contributed by atoms with van der Waals surface area (Å²) in [5.41, 5.74) is 3.79. The molecule has 4 rings (SSSR count). The molecule has 1 fully saturated rings. The maximum atomic E-state index is 12.8. The minimum atomic E-state index is -0.0137. The van der Waals surface area contributed by atoms with Gasteiger partial charge >= 0.3 is 0 Å². The number of pyridine rings is 1. The Balaban J connectivity index is 1.53. The van der Waals surface area contributed by atoms with Crippen molar-refractivity contribution in [2.75, 3.05) is 6.54 Å². The molecule has 0 spiro atoms. The Hall–Kier alpha value is -3.16. The third-order valence-corrected chi connectivity index (χ3v) is 4.90. The largest absolute Gasteiger partial charge is 0.339 e. The summed E-state index contributed by atoms with van der Waals surface area (Å²) in [6.07, 6.45) is 7.77. The van der Waals surface area contributed by atoms with Crippen LogP contribution in [0.1, 0.15) is 48.4 Å². The normalized spacial score (nSPS) is 16.5. The SMILES string of the molecule is Cc1cc(-c2cncnc2)cc([C@@H]2CCCN2C(=O)CCc2nc(C)no2)n1. The van der Waals surface area contributed by atoms with E-state index in [1.54, 1.807) is 19.3 Å². The van der Waals surface area contributed by atoms with Gasteiger partial charge in [0.25, 0.3) is 0 Å². The van der Waals surface area contributed by atoms with Crippen LogP contribution in [0.4, 0.5) is 0 Å². The Labute approximate surface area is 163 Å². The second-order valence-electron chi connectivity index (χ2n) is 7.03. The molecule has 8 nitrogen and oxygen atoms in total. The van der Waals surface area contributed by atoms with Crippen LogP contribution in [-0.4, -0.2) is 42.4 Å². The quantitative estimate of drug-likeness (QED) is 0.673. The molecule has 0 N–H and O–H groups in total. The lowest BCUT2D eigenvalue weighted by Gasteiger charge is -2.25. The van der Waals surface area contributed by atoms with Crippen molar-refractivity contribution in [2.45, 2.75) is 45.6 Å². The molecule has 3 aromatic rings. The molecule has 1 aliphatic rings. The van der Waals surface area contributed by atoms with Crippen LogP contribution in [0.5, 0.6) is 0 Å². The van der Waals surface area contributed by atoms with Gasteiger partial charge in [0.05, 0.1) is 11.7 Å². The first-order chi connectivity index (χ1) is 13.6. The zero-order valence-electron chi connectivity index (χ0n) is 16.0. The summed E-state index contributed by atoms with van der Waals surface area (Å²) in [5, 5.41) is 3.77. The maximum absolute atomic E-state index is 12.8. The molecule has 4 heterocycles. The first kappa shape index (κ1) is 18.2. The number of likely N-dealkylation sites (tertiary alicyclic amines) is 1. The van der Waals surface area contributed by atoms with E-state index in [0.717, 1.165) is 41.9 Å². The van der Waals surface area contributed by atoms with Crippen LogP contribution < -0.4 is 0 Å². The number of aromatic nitrogens is 5. The predicted molar refractivity (Wildman–Crippen MR) is 101 cm³/mol. The van der Waals surface area contributed by atoms with Crippen LogP contribution in [0.15, 0.2) is 35.4 Å². The van der Waals surface area contributed by atoms with E-state index in [1.807, 2.05) is 24.0 Å². The highest BCUT2D eigenvalue weighted by molar-refractivity contribution is 5.77. The summed E-state index contributed by atoms with van der Waals surface area (Å²) in [4.78, 5) is 31.9. The Bertz CT molecular complexity index is 972. The van der Waals surface area contributed by atoms with E-state index in [0.29, 0.717) is 24.6 Å². The molecule has 0 aromatic carbocycles. The second-order valence-corrected chi connectivity index (χ2v) is 7.03. The predicted octanol–water partition coefficient (Wildman–Crippen LogP) is 2.83. The van der Waals surface area contributed by atoms with Crippen LogP contribution >= 0.6 is 0 Å². The summed E-state index contributed by atoms with van der Waals surface area (Å²) in [6, 6.07) is 4.05. The third-order valence-electron chi connectivity index (χ3n) is 4.90. The van der Waals surface area contributed by atoms with Gasteiger partial charge < -0.3 is 9.42 Å². The molecule has 0 unspecified atom stereocenters. The highest BCUT2D eigenvalue weighted by Crippen LogP contribution is 2.33. The van der Waals surface area contributed by atoms with Gasteiger partial charge in [-0.05, 0) is 44.4 Å². The van der Waals surface area contributed by atoms with E-state index in [9.17, 15) is 4.79 Å². The Morgan fingerprint density at radius 1 is 1.18 bits per heavy atom. The second kappa shape index (κ2) is 7.84. The number of hydrogen-bond acceptors (Lipinski definition) is 7. The Morgan fingerprint density at radius 2 is 2.00 bits per heavy atom. The highest BCUT2D eigenvalue weighted by atomic mass is 16.5. The van der Waals surface area contributed by atoms with Crippen molar-refractivity contribution in [1.82, 2.24) is 30.0 Å². The van der Waals surface area contributed by atoms with Crippen LogP contribution in [0.3, 0.4) is 0 Å². The monoisotopic (exact) mass is 378 g/mol. The molecule has 28 heavy (non-hydrogen) atoms. The molecule has 1 atom stereocenters. The van der Waals surface area contributed by atoms with E-state index < -0.39 is 0 Å². The van der Waals surface area contributed by atoms with Gasteiger partial charge in [0.2, 0.25) is 11.8 Å². The number of nitrogens with zero attached hydrogens (tertiary/aromatic N) is 6. The van der Waals surface area contributed by atoms with E-state index in [2.05, 4.69) is 20.1 Å². The lowest BCUT2D eigenvalue weighted by Crippen LogP contribution is -2.31. The summed E-state index contributed by atoms with van der Waals surface area (Å²) in [6.45, 7) is 4.48. The summed E-state index contributed by atoms with van der Waals surface area (Å²) < 4.78 is 5.11. The van der Waals surface area contributed by atoms with Gasteiger partial charge in [-0.1, -0.05) is 5.16 Å². The van der Waals surface area contributed by atoms with Crippen LogP contribution in [0, 0.1) is 13.8 Å². The average molecular weight is 378 g/mol. The average Bonchev–Trinajstić information content (AvgIpc) is 3.35. The van der Waals surface area contributed by atoms with Crippen LogP contribution in [-0.2, 0) is 11.2 Å². The summed E-state index contributed by atoms with van der Waals surface area (Å²) >= 11 is 0. The van der Waals surface area contributed by atoms with E-state index in [-0.39, 0.29) is 11.9 Å². The summed E-state index contributed by atoms with van der Waals surface area (Å²) in [5.74, 6) is 1.18. The van der Waals surface area contributed by atoms with Gasteiger partial charge in [0, 0.05) is 43.0 Å². The fraction of sp³-hybridized carbons (Fsp3) is 0.400. The zero-order chi connectivity index (χ0) is 19.5. The number of carbonyl (C=O) groups excluding carboxylic acids is 1. The first-order valence-electron chi connectivity index (χ1n) is 9.43. The number of amides is 1. The van der Waals surface area contributed by atoms with Crippen molar-refractivity contribution in [1.29, 1.82) is 0 Å². The topological polar surface area (TPSA) is 97.9 Å². The standard InChI is InChI=1S/C20H22N6O2/c1-13-8-15(16-10-21-12-22-11-16)9-17(23-13)18-4-3-7-26(18)20(27)6-5-19-24-14(2)25-28-19/h8-12,18H,3-7H2,1-2H3/t18-/m0/s1. The minimum Gasteiger partial charge on any atom is -0.339 e. The number of carbonyl (C=O) groups is 1. The van der Waals surface area contributed by atoms with Crippen molar-refractivity contribution < 1.29 is 9.32 Å². The lowest BCUT2D eigenvalue weighted by molar-refractivity contribution is -0.132.